The maximum absolute atomic E-state index is 12.3. The van der Waals surface area contributed by atoms with Gasteiger partial charge in [-0.25, -0.2) is 0 Å². The first-order chi connectivity index (χ1) is 9.35. The van der Waals surface area contributed by atoms with E-state index in [1.54, 1.807) is 18.2 Å². The number of alkyl halides is 3. The minimum absolute atomic E-state index is 0.0353. The lowest BCUT2D eigenvalue weighted by Gasteiger charge is -2.10. The standard InChI is InChI=1S/C13H7Cl2F3OS/c14-10-5-2-6-11(12(10)15)19-8-3-1-4-9(7-8)20-13(16,17)18/h1-7H. The Morgan fingerprint density at radius 2 is 1.70 bits per heavy atom. The smallest absolute Gasteiger partial charge is 0.446 e. The van der Waals surface area contributed by atoms with E-state index in [2.05, 4.69) is 0 Å². The molecule has 0 N–H and O–H groups in total. The quantitative estimate of drug-likeness (QED) is 0.599. The summed E-state index contributed by atoms with van der Waals surface area (Å²) >= 11 is 11.6. The Kier molecular flexibility index (Phi) is 4.73. The average Bonchev–Trinajstić information content (AvgIpc) is 2.33. The van der Waals surface area contributed by atoms with Crippen molar-refractivity contribution in [3.63, 3.8) is 0 Å². The topological polar surface area (TPSA) is 9.23 Å². The van der Waals surface area contributed by atoms with Crippen LogP contribution in [0.5, 0.6) is 11.5 Å². The maximum Gasteiger partial charge on any atom is 0.446 e. The van der Waals surface area contributed by atoms with Crippen LogP contribution in [-0.2, 0) is 0 Å². The predicted molar refractivity (Wildman–Crippen MR) is 74.9 cm³/mol. The average molecular weight is 339 g/mol. The van der Waals surface area contributed by atoms with Crippen molar-refractivity contribution in [2.75, 3.05) is 0 Å². The Bertz CT molecular complexity index is 617. The second-order valence-corrected chi connectivity index (χ2v) is 5.60. The van der Waals surface area contributed by atoms with Gasteiger partial charge in [-0.2, -0.15) is 13.2 Å². The van der Waals surface area contributed by atoms with E-state index < -0.39 is 5.51 Å². The number of ether oxygens (including phenoxy) is 1. The third-order valence-electron chi connectivity index (χ3n) is 2.18. The van der Waals surface area contributed by atoms with Crippen molar-refractivity contribution in [3.8, 4) is 11.5 Å². The molecule has 0 aliphatic rings. The van der Waals surface area contributed by atoms with Crippen molar-refractivity contribution in [2.45, 2.75) is 10.4 Å². The van der Waals surface area contributed by atoms with E-state index in [4.69, 9.17) is 27.9 Å². The monoisotopic (exact) mass is 338 g/mol. The Morgan fingerprint density at radius 1 is 1.00 bits per heavy atom. The molecule has 106 valence electrons. The number of rotatable bonds is 3. The van der Waals surface area contributed by atoms with Crippen molar-refractivity contribution < 1.29 is 17.9 Å². The molecular weight excluding hydrogens is 332 g/mol. The molecule has 7 heteroatoms. The predicted octanol–water partition coefficient (Wildman–Crippen LogP) is 6.40. The number of hydrogen-bond donors (Lipinski definition) is 0. The fourth-order valence-electron chi connectivity index (χ4n) is 1.42. The summed E-state index contributed by atoms with van der Waals surface area (Å²) in [4.78, 5) is 0.0353. The third kappa shape index (κ3) is 4.23. The Labute approximate surface area is 127 Å². The van der Waals surface area contributed by atoms with E-state index in [0.29, 0.717) is 5.02 Å². The van der Waals surface area contributed by atoms with Crippen LogP contribution in [0.4, 0.5) is 13.2 Å². The second-order valence-electron chi connectivity index (χ2n) is 3.68. The molecule has 2 rings (SSSR count). The first-order valence-corrected chi connectivity index (χ1v) is 6.90. The highest BCUT2D eigenvalue weighted by Crippen LogP contribution is 2.39. The fraction of sp³-hybridized carbons (Fsp3) is 0.0769. The van der Waals surface area contributed by atoms with Crippen molar-refractivity contribution in [1.82, 2.24) is 0 Å². The van der Waals surface area contributed by atoms with Crippen molar-refractivity contribution in [3.05, 3.63) is 52.5 Å². The molecule has 0 spiro atoms. The minimum atomic E-state index is -4.34. The summed E-state index contributed by atoms with van der Waals surface area (Å²) in [5.41, 5.74) is -4.34. The minimum Gasteiger partial charge on any atom is -0.456 e. The van der Waals surface area contributed by atoms with Gasteiger partial charge in [0.05, 0.1) is 5.02 Å². The van der Waals surface area contributed by atoms with Gasteiger partial charge in [0.2, 0.25) is 0 Å². The lowest BCUT2D eigenvalue weighted by atomic mass is 10.3. The van der Waals surface area contributed by atoms with Crippen molar-refractivity contribution in [2.24, 2.45) is 0 Å². The van der Waals surface area contributed by atoms with Crippen LogP contribution in [0, 0.1) is 0 Å². The molecule has 0 unspecified atom stereocenters. The highest BCUT2D eigenvalue weighted by Gasteiger charge is 2.29. The lowest BCUT2D eigenvalue weighted by Crippen LogP contribution is -1.98. The van der Waals surface area contributed by atoms with E-state index >= 15 is 0 Å². The van der Waals surface area contributed by atoms with Crippen molar-refractivity contribution in [1.29, 1.82) is 0 Å². The molecular formula is C13H7Cl2F3OS. The third-order valence-corrected chi connectivity index (χ3v) is 3.71. The van der Waals surface area contributed by atoms with E-state index in [1.165, 1.54) is 24.3 Å². The molecule has 0 aliphatic heterocycles. The van der Waals surface area contributed by atoms with E-state index in [-0.39, 0.29) is 33.2 Å². The zero-order valence-corrected chi connectivity index (χ0v) is 12.1. The zero-order chi connectivity index (χ0) is 14.8. The van der Waals surface area contributed by atoms with Gasteiger partial charge in [-0.15, -0.1) is 0 Å². The molecule has 2 aromatic carbocycles. The molecule has 0 bridgehead atoms. The molecule has 0 atom stereocenters. The van der Waals surface area contributed by atoms with Crippen LogP contribution in [0.25, 0.3) is 0 Å². The Balaban J connectivity index is 2.22. The number of benzene rings is 2. The molecule has 0 saturated heterocycles. The van der Waals surface area contributed by atoms with Gasteiger partial charge >= 0.3 is 5.51 Å². The molecule has 0 saturated carbocycles. The van der Waals surface area contributed by atoms with Crippen LogP contribution in [0.15, 0.2) is 47.4 Å². The highest BCUT2D eigenvalue weighted by atomic mass is 35.5. The van der Waals surface area contributed by atoms with Gasteiger partial charge in [-0.05, 0) is 42.1 Å². The second kappa shape index (κ2) is 6.16. The summed E-state index contributed by atoms with van der Waals surface area (Å²) in [6.07, 6.45) is 0. The summed E-state index contributed by atoms with van der Waals surface area (Å²) in [7, 11) is 0. The lowest BCUT2D eigenvalue weighted by molar-refractivity contribution is -0.0328. The summed E-state index contributed by atoms with van der Waals surface area (Å²) in [6.45, 7) is 0. The van der Waals surface area contributed by atoms with Gasteiger partial charge in [0, 0.05) is 4.90 Å². The van der Waals surface area contributed by atoms with Crippen LogP contribution in [0.3, 0.4) is 0 Å². The van der Waals surface area contributed by atoms with Crippen LogP contribution in [-0.4, -0.2) is 5.51 Å². The molecule has 0 amide bonds. The molecule has 0 aliphatic carbocycles. The van der Waals surface area contributed by atoms with Crippen LogP contribution >= 0.6 is 35.0 Å². The van der Waals surface area contributed by atoms with Crippen molar-refractivity contribution >= 4 is 35.0 Å². The van der Waals surface area contributed by atoms with Crippen LogP contribution in [0.1, 0.15) is 0 Å². The molecule has 0 aromatic heterocycles. The SMILES string of the molecule is FC(F)(F)Sc1cccc(Oc2cccc(Cl)c2Cl)c1. The Hall–Kier alpha value is -1.04. The first-order valence-electron chi connectivity index (χ1n) is 5.33. The van der Waals surface area contributed by atoms with Gasteiger partial charge in [0.25, 0.3) is 0 Å². The highest BCUT2D eigenvalue weighted by molar-refractivity contribution is 8.00. The fourth-order valence-corrected chi connectivity index (χ4v) is 2.34. The summed E-state index contributed by atoms with van der Waals surface area (Å²) in [5, 5.41) is 0.521. The van der Waals surface area contributed by atoms with Crippen LogP contribution in [0.2, 0.25) is 10.0 Å². The number of halogens is 5. The van der Waals surface area contributed by atoms with E-state index in [9.17, 15) is 13.2 Å². The molecule has 0 fully saturated rings. The number of thioether (sulfide) groups is 1. The van der Waals surface area contributed by atoms with Gasteiger partial charge in [0.1, 0.15) is 16.5 Å². The Morgan fingerprint density at radius 3 is 2.40 bits per heavy atom. The normalized spacial score (nSPS) is 11.4. The summed E-state index contributed by atoms with van der Waals surface area (Å²) in [5.74, 6) is 0.539. The largest absolute Gasteiger partial charge is 0.456 e. The number of hydrogen-bond acceptors (Lipinski definition) is 2. The summed E-state index contributed by atoms with van der Waals surface area (Å²) < 4.78 is 42.3. The van der Waals surface area contributed by atoms with E-state index in [0.717, 1.165) is 0 Å². The molecule has 2 aromatic rings. The molecule has 0 heterocycles. The summed E-state index contributed by atoms with van der Waals surface area (Å²) in [6, 6.07) is 10.5. The molecule has 0 radical (unpaired) electrons. The molecule has 20 heavy (non-hydrogen) atoms. The van der Waals surface area contributed by atoms with Gasteiger partial charge in [0.15, 0.2) is 0 Å². The first kappa shape index (κ1) is 15.4. The van der Waals surface area contributed by atoms with Gasteiger partial charge in [-0.1, -0.05) is 35.3 Å². The van der Waals surface area contributed by atoms with Crippen LogP contribution < -0.4 is 4.74 Å². The molecule has 1 nitrogen and oxygen atoms in total. The van der Waals surface area contributed by atoms with Gasteiger partial charge in [-0.3, -0.25) is 0 Å². The van der Waals surface area contributed by atoms with Gasteiger partial charge < -0.3 is 4.74 Å². The maximum atomic E-state index is 12.3. The van der Waals surface area contributed by atoms with E-state index in [1.807, 2.05) is 0 Å². The zero-order valence-electron chi connectivity index (χ0n) is 9.75.